The Labute approximate surface area is 211 Å². The first kappa shape index (κ1) is 23.1. The zero-order valence-electron chi connectivity index (χ0n) is 18.4. The van der Waals surface area contributed by atoms with Crippen LogP contribution in [0.3, 0.4) is 0 Å². The number of imide groups is 1. The van der Waals surface area contributed by atoms with Gasteiger partial charge >= 0.3 is 0 Å². The van der Waals surface area contributed by atoms with Crippen LogP contribution in [0.15, 0.2) is 89.8 Å². The Morgan fingerprint density at radius 2 is 1.71 bits per heavy atom. The van der Waals surface area contributed by atoms with Crippen molar-refractivity contribution in [2.45, 2.75) is 13.2 Å². The highest BCUT2D eigenvalue weighted by atomic mass is 35.5. The van der Waals surface area contributed by atoms with E-state index in [0.29, 0.717) is 12.4 Å². The molecule has 1 heterocycles. The Hall–Kier alpha value is -3.61. The molecule has 1 fully saturated rings. The molecule has 0 bridgehead atoms. The molecule has 1 aliphatic rings. The van der Waals surface area contributed by atoms with Crippen LogP contribution >= 0.6 is 23.4 Å². The van der Waals surface area contributed by atoms with E-state index in [1.54, 1.807) is 6.08 Å². The summed E-state index contributed by atoms with van der Waals surface area (Å²) < 4.78 is 20.2. The van der Waals surface area contributed by atoms with Crippen LogP contribution in [0, 0.1) is 5.82 Å². The second-order valence-electron chi connectivity index (χ2n) is 7.97. The highest BCUT2D eigenvalue weighted by Crippen LogP contribution is 2.35. The highest BCUT2D eigenvalue weighted by molar-refractivity contribution is 8.18. The third-order valence-electron chi connectivity index (χ3n) is 5.68. The monoisotopic (exact) mass is 503 g/mol. The van der Waals surface area contributed by atoms with Crippen molar-refractivity contribution >= 4 is 51.4 Å². The minimum absolute atomic E-state index is 0.113. The third kappa shape index (κ3) is 4.94. The normalized spacial score (nSPS) is 14.8. The summed E-state index contributed by atoms with van der Waals surface area (Å²) in [6.07, 6.45) is 1.64. The summed E-state index contributed by atoms with van der Waals surface area (Å²) in [7, 11) is 0. The fourth-order valence-corrected chi connectivity index (χ4v) is 4.96. The summed E-state index contributed by atoms with van der Waals surface area (Å²) in [5, 5.41) is 1.98. The number of rotatable bonds is 6. The summed E-state index contributed by atoms with van der Waals surface area (Å²) in [5.74, 6) is -0.401. The van der Waals surface area contributed by atoms with Crippen LogP contribution in [0.5, 0.6) is 5.75 Å². The number of ether oxygens (including phenoxy) is 1. The van der Waals surface area contributed by atoms with Gasteiger partial charge in [0.1, 0.15) is 18.2 Å². The van der Waals surface area contributed by atoms with Crippen LogP contribution in [-0.4, -0.2) is 16.0 Å². The first-order chi connectivity index (χ1) is 17.0. The minimum atomic E-state index is -0.559. The number of hydrogen-bond acceptors (Lipinski definition) is 4. The largest absolute Gasteiger partial charge is 0.489 e. The highest BCUT2D eigenvalue weighted by Gasteiger charge is 2.35. The molecule has 0 aliphatic carbocycles. The number of benzene rings is 4. The molecular weight excluding hydrogens is 485 g/mol. The number of hydrogen-bond donors (Lipinski definition) is 0. The van der Waals surface area contributed by atoms with Crippen LogP contribution in [0.25, 0.3) is 16.8 Å². The number of amides is 2. The zero-order chi connectivity index (χ0) is 24.4. The van der Waals surface area contributed by atoms with E-state index < -0.39 is 17.0 Å². The lowest BCUT2D eigenvalue weighted by molar-refractivity contribution is -0.123. The second-order valence-corrected chi connectivity index (χ2v) is 9.37. The van der Waals surface area contributed by atoms with E-state index in [-0.39, 0.29) is 22.0 Å². The summed E-state index contributed by atoms with van der Waals surface area (Å²) in [4.78, 5) is 26.6. The van der Waals surface area contributed by atoms with E-state index in [1.165, 1.54) is 18.2 Å². The van der Waals surface area contributed by atoms with E-state index in [9.17, 15) is 14.0 Å². The molecular formula is C28H19ClFNO3S. The Morgan fingerprint density at radius 3 is 2.57 bits per heavy atom. The van der Waals surface area contributed by atoms with Crippen molar-refractivity contribution in [2.24, 2.45) is 0 Å². The van der Waals surface area contributed by atoms with E-state index in [4.69, 9.17) is 16.3 Å². The van der Waals surface area contributed by atoms with Crippen molar-refractivity contribution in [3.05, 3.63) is 117 Å². The maximum atomic E-state index is 14.2. The molecule has 4 aromatic carbocycles. The van der Waals surface area contributed by atoms with E-state index in [1.807, 2.05) is 48.5 Å². The Morgan fingerprint density at radius 1 is 0.943 bits per heavy atom. The summed E-state index contributed by atoms with van der Waals surface area (Å²) in [5.41, 5.74) is 1.90. The van der Waals surface area contributed by atoms with Crippen molar-refractivity contribution < 1.29 is 18.7 Å². The maximum Gasteiger partial charge on any atom is 0.293 e. The molecule has 0 aromatic heterocycles. The minimum Gasteiger partial charge on any atom is -0.489 e. The smallest absolute Gasteiger partial charge is 0.293 e. The number of carbonyl (C=O) groups excluding carboxylic acids is 2. The molecule has 0 atom stereocenters. The lowest BCUT2D eigenvalue weighted by Gasteiger charge is -2.14. The van der Waals surface area contributed by atoms with Crippen molar-refractivity contribution in [1.82, 2.24) is 4.90 Å². The molecule has 0 saturated carbocycles. The van der Waals surface area contributed by atoms with Gasteiger partial charge in [0.2, 0.25) is 0 Å². The summed E-state index contributed by atoms with van der Waals surface area (Å²) in [6.45, 7) is 0.173. The Kier molecular flexibility index (Phi) is 6.57. The Balaban J connectivity index is 1.32. The van der Waals surface area contributed by atoms with Gasteiger partial charge in [0.15, 0.2) is 0 Å². The quantitative estimate of drug-likeness (QED) is 0.256. The van der Waals surface area contributed by atoms with Crippen molar-refractivity contribution in [2.75, 3.05) is 0 Å². The van der Waals surface area contributed by atoms with Gasteiger partial charge in [-0.25, -0.2) is 4.39 Å². The molecule has 174 valence electrons. The molecule has 4 nitrogen and oxygen atoms in total. The van der Waals surface area contributed by atoms with Gasteiger partial charge in [-0.05, 0) is 64.0 Å². The number of thioether (sulfide) groups is 1. The number of halogens is 2. The molecule has 0 radical (unpaired) electrons. The molecule has 0 N–H and O–H groups in total. The van der Waals surface area contributed by atoms with Gasteiger partial charge in [-0.2, -0.15) is 0 Å². The Bertz CT molecular complexity index is 1460. The molecule has 35 heavy (non-hydrogen) atoms. The van der Waals surface area contributed by atoms with Crippen LogP contribution in [0.2, 0.25) is 5.02 Å². The van der Waals surface area contributed by atoms with Crippen LogP contribution < -0.4 is 4.74 Å². The molecule has 4 aromatic rings. The first-order valence-corrected chi connectivity index (χ1v) is 12.1. The van der Waals surface area contributed by atoms with Gasteiger partial charge in [-0.3, -0.25) is 14.5 Å². The molecule has 1 aliphatic heterocycles. The molecule has 0 unspecified atom stereocenters. The van der Waals surface area contributed by atoms with Crippen molar-refractivity contribution in [3.8, 4) is 5.75 Å². The van der Waals surface area contributed by atoms with Gasteiger partial charge in [0.25, 0.3) is 11.1 Å². The first-order valence-electron chi connectivity index (χ1n) is 10.9. The predicted octanol–water partition coefficient (Wildman–Crippen LogP) is 7.45. The maximum absolute atomic E-state index is 14.2. The summed E-state index contributed by atoms with van der Waals surface area (Å²) in [6, 6.07) is 25.8. The summed E-state index contributed by atoms with van der Waals surface area (Å²) >= 11 is 6.89. The van der Waals surface area contributed by atoms with Crippen LogP contribution in [0.1, 0.15) is 16.7 Å². The molecule has 2 amide bonds. The second kappa shape index (κ2) is 9.94. The topological polar surface area (TPSA) is 46.6 Å². The third-order valence-corrected chi connectivity index (χ3v) is 6.94. The number of fused-ring (bicyclic) bond motifs is 1. The fraction of sp³-hybridized carbons (Fsp3) is 0.0714. The molecule has 0 spiro atoms. The lowest BCUT2D eigenvalue weighted by Crippen LogP contribution is -2.28. The zero-order valence-corrected chi connectivity index (χ0v) is 20.0. The van der Waals surface area contributed by atoms with Gasteiger partial charge in [0.05, 0.1) is 11.4 Å². The lowest BCUT2D eigenvalue weighted by atomic mass is 10.1. The average molecular weight is 504 g/mol. The van der Waals surface area contributed by atoms with Gasteiger partial charge in [0, 0.05) is 10.6 Å². The molecule has 7 heteroatoms. The average Bonchev–Trinajstić information content (AvgIpc) is 3.12. The van der Waals surface area contributed by atoms with Crippen LogP contribution in [-0.2, 0) is 17.9 Å². The van der Waals surface area contributed by atoms with E-state index in [2.05, 4.69) is 18.2 Å². The standard InChI is InChI=1S/C28H19ClFNO3S/c29-24-12-5-13-25(30)23(24)16-31-27(32)26(35-28(31)33)15-18-6-3-10-21(14-18)34-17-20-9-4-8-19-7-1-2-11-22(19)20/h1-15H,16-17H2/b26-15+. The molecule has 1 saturated heterocycles. The van der Waals surface area contributed by atoms with Crippen LogP contribution in [0.4, 0.5) is 9.18 Å². The van der Waals surface area contributed by atoms with Gasteiger partial charge in [-0.15, -0.1) is 0 Å². The molecule has 5 rings (SSSR count). The number of carbonyl (C=O) groups is 2. The van der Waals surface area contributed by atoms with Crippen molar-refractivity contribution in [3.63, 3.8) is 0 Å². The number of nitrogens with zero attached hydrogens (tertiary/aromatic N) is 1. The SMILES string of the molecule is O=C1S/C(=C/c2cccc(OCc3cccc4ccccc34)c2)C(=O)N1Cc1c(F)cccc1Cl. The van der Waals surface area contributed by atoms with E-state index in [0.717, 1.165) is 38.6 Å². The van der Waals surface area contributed by atoms with E-state index >= 15 is 0 Å². The van der Waals surface area contributed by atoms with Crippen molar-refractivity contribution in [1.29, 1.82) is 0 Å². The van der Waals surface area contributed by atoms with Gasteiger partial charge < -0.3 is 4.74 Å². The fourth-order valence-electron chi connectivity index (χ4n) is 3.90. The van der Waals surface area contributed by atoms with Gasteiger partial charge in [-0.1, -0.05) is 72.3 Å². The predicted molar refractivity (Wildman–Crippen MR) is 138 cm³/mol.